The quantitative estimate of drug-likeness (QED) is 0.831. The molecule has 1 aromatic carbocycles. The Kier molecular flexibility index (Phi) is 4.74. The van der Waals surface area contributed by atoms with E-state index in [9.17, 15) is 9.59 Å². The molecule has 0 aliphatic carbocycles. The van der Waals surface area contributed by atoms with Crippen molar-refractivity contribution in [1.82, 2.24) is 14.7 Å². The van der Waals surface area contributed by atoms with E-state index in [0.29, 0.717) is 5.91 Å². The van der Waals surface area contributed by atoms with Gasteiger partial charge in [0.25, 0.3) is 0 Å². The number of hydrogen-bond donors (Lipinski definition) is 0. The molecule has 140 valence electrons. The van der Waals surface area contributed by atoms with Gasteiger partial charge in [0.2, 0.25) is 11.8 Å². The first-order valence-corrected chi connectivity index (χ1v) is 9.92. The topological polar surface area (TPSA) is 43.9 Å². The summed E-state index contributed by atoms with van der Waals surface area (Å²) in [5.74, 6) is 0.590. The Morgan fingerprint density at radius 1 is 1.04 bits per heavy atom. The van der Waals surface area contributed by atoms with Crippen LogP contribution in [0.2, 0.25) is 0 Å². The van der Waals surface area contributed by atoms with Crippen molar-refractivity contribution in [1.29, 1.82) is 0 Å². The van der Waals surface area contributed by atoms with Crippen LogP contribution in [0, 0.1) is 0 Å². The van der Waals surface area contributed by atoms with E-state index >= 15 is 0 Å². The van der Waals surface area contributed by atoms with E-state index in [1.807, 2.05) is 35.0 Å². The van der Waals surface area contributed by atoms with Crippen molar-refractivity contribution in [2.45, 2.75) is 43.6 Å². The fourth-order valence-corrected chi connectivity index (χ4v) is 4.95. The summed E-state index contributed by atoms with van der Waals surface area (Å²) in [6.45, 7) is 4.77. The van der Waals surface area contributed by atoms with Gasteiger partial charge in [0.1, 0.15) is 0 Å². The highest BCUT2D eigenvalue weighted by atomic mass is 16.2. The lowest BCUT2D eigenvalue weighted by molar-refractivity contribution is -0.132. The number of likely N-dealkylation sites (N-methyl/N-ethyl adjacent to an activating group) is 1. The highest BCUT2D eigenvalue weighted by molar-refractivity contribution is 5.87. The molecule has 26 heavy (non-hydrogen) atoms. The smallest absolute Gasteiger partial charge is 0.230 e. The van der Waals surface area contributed by atoms with E-state index < -0.39 is 0 Å². The fraction of sp³-hybridized carbons (Fsp3) is 0.619. The van der Waals surface area contributed by atoms with Crippen molar-refractivity contribution in [3.63, 3.8) is 0 Å². The Morgan fingerprint density at radius 3 is 2.42 bits per heavy atom. The first-order valence-electron chi connectivity index (χ1n) is 9.92. The highest BCUT2D eigenvalue weighted by Crippen LogP contribution is 2.44. The molecule has 3 fully saturated rings. The lowest BCUT2D eigenvalue weighted by Gasteiger charge is -2.43. The minimum atomic E-state index is 0.00923. The van der Waals surface area contributed by atoms with Crippen LogP contribution in [0.3, 0.4) is 0 Å². The van der Waals surface area contributed by atoms with Crippen LogP contribution in [0.25, 0.3) is 0 Å². The Balaban J connectivity index is 1.35. The molecule has 3 aliphatic rings. The summed E-state index contributed by atoms with van der Waals surface area (Å²) < 4.78 is 0. The lowest BCUT2D eigenvalue weighted by atomic mass is 9.81. The van der Waals surface area contributed by atoms with Gasteiger partial charge in [-0.05, 0) is 31.2 Å². The van der Waals surface area contributed by atoms with Crippen molar-refractivity contribution in [3.8, 4) is 0 Å². The first-order chi connectivity index (χ1) is 12.6. The molecule has 4 rings (SSSR count). The second-order valence-corrected chi connectivity index (χ2v) is 8.11. The molecule has 0 bridgehead atoms. The van der Waals surface area contributed by atoms with Gasteiger partial charge in [-0.3, -0.25) is 9.59 Å². The second-order valence-electron chi connectivity index (χ2n) is 8.11. The predicted molar refractivity (Wildman–Crippen MR) is 101 cm³/mol. The highest BCUT2D eigenvalue weighted by Gasteiger charge is 2.50. The van der Waals surface area contributed by atoms with Gasteiger partial charge in [-0.15, -0.1) is 0 Å². The van der Waals surface area contributed by atoms with Crippen molar-refractivity contribution >= 4 is 11.8 Å². The number of carbonyl (C=O) groups excluding carboxylic acids is 2. The number of carbonyl (C=O) groups is 2. The average Bonchev–Trinajstić information content (AvgIpc) is 3.19. The van der Waals surface area contributed by atoms with E-state index in [-0.39, 0.29) is 17.4 Å². The molecule has 0 N–H and O–H groups in total. The summed E-state index contributed by atoms with van der Waals surface area (Å²) in [6, 6.07) is 10.2. The number of nitrogens with zero attached hydrogens (tertiary/aromatic N) is 3. The van der Waals surface area contributed by atoms with Gasteiger partial charge in [-0.25, -0.2) is 0 Å². The molecule has 1 aromatic rings. The third-order valence-electron chi connectivity index (χ3n) is 6.77. The number of likely N-dealkylation sites (tertiary alicyclic amines) is 3. The summed E-state index contributed by atoms with van der Waals surface area (Å²) in [6.07, 6.45) is 4.73. The molecule has 0 radical (unpaired) electrons. The van der Waals surface area contributed by atoms with Gasteiger partial charge in [0, 0.05) is 51.7 Å². The fourth-order valence-electron chi connectivity index (χ4n) is 4.95. The van der Waals surface area contributed by atoms with E-state index in [4.69, 9.17) is 0 Å². The summed E-state index contributed by atoms with van der Waals surface area (Å²) in [5.41, 5.74) is 1.16. The van der Waals surface area contributed by atoms with Gasteiger partial charge in [0.05, 0.1) is 5.92 Å². The predicted octanol–water partition coefficient (Wildman–Crippen LogP) is 2.09. The largest absolute Gasteiger partial charge is 0.341 e. The van der Waals surface area contributed by atoms with Gasteiger partial charge < -0.3 is 14.7 Å². The van der Waals surface area contributed by atoms with Crippen molar-refractivity contribution < 1.29 is 9.59 Å². The summed E-state index contributed by atoms with van der Waals surface area (Å²) >= 11 is 0. The van der Waals surface area contributed by atoms with Crippen LogP contribution in [-0.2, 0) is 9.59 Å². The minimum Gasteiger partial charge on any atom is -0.341 e. The Hall–Kier alpha value is -1.88. The number of benzene rings is 1. The molecular formula is C21H29N3O2. The van der Waals surface area contributed by atoms with Crippen LogP contribution in [0.4, 0.5) is 0 Å². The zero-order valence-corrected chi connectivity index (χ0v) is 15.7. The molecular weight excluding hydrogens is 326 g/mol. The molecule has 0 saturated carbocycles. The zero-order valence-electron chi connectivity index (χ0n) is 15.7. The molecule has 0 aromatic heterocycles. The van der Waals surface area contributed by atoms with Crippen molar-refractivity contribution in [2.75, 3.05) is 39.8 Å². The maximum absolute atomic E-state index is 12.9. The number of amides is 2. The van der Waals surface area contributed by atoms with Crippen LogP contribution in [0.1, 0.15) is 43.6 Å². The van der Waals surface area contributed by atoms with Crippen LogP contribution >= 0.6 is 0 Å². The minimum absolute atomic E-state index is 0.00923. The zero-order chi connectivity index (χ0) is 18.1. The number of rotatable bonds is 4. The van der Waals surface area contributed by atoms with Crippen molar-refractivity contribution in [2.24, 2.45) is 0 Å². The molecule has 3 saturated heterocycles. The van der Waals surface area contributed by atoms with E-state index in [1.54, 1.807) is 0 Å². The molecule has 1 spiro atoms. The Labute approximate surface area is 155 Å². The standard InChI is InChI=1S/C21H29N3O2/c1-22-20(26)18(17-6-3-2-4-7-17)16-21(22)9-12-23(13-10-21)14-15-24-11-5-8-19(24)25/h2-4,6-7,18H,5,8-16H2,1H3/t18-/m1/s1. The van der Waals surface area contributed by atoms with Crippen LogP contribution in [0.5, 0.6) is 0 Å². The molecule has 3 aliphatic heterocycles. The van der Waals surface area contributed by atoms with Gasteiger partial charge in [-0.1, -0.05) is 30.3 Å². The second kappa shape index (κ2) is 7.03. The monoisotopic (exact) mass is 355 g/mol. The molecule has 0 unspecified atom stereocenters. The third-order valence-corrected chi connectivity index (χ3v) is 6.77. The van der Waals surface area contributed by atoms with Crippen LogP contribution in [0.15, 0.2) is 30.3 Å². The van der Waals surface area contributed by atoms with Crippen molar-refractivity contribution in [3.05, 3.63) is 35.9 Å². The van der Waals surface area contributed by atoms with E-state index in [0.717, 1.165) is 70.4 Å². The maximum Gasteiger partial charge on any atom is 0.230 e. The summed E-state index contributed by atoms with van der Waals surface area (Å²) in [4.78, 5) is 31.1. The van der Waals surface area contributed by atoms with Gasteiger partial charge in [0.15, 0.2) is 0 Å². The Morgan fingerprint density at radius 2 is 1.77 bits per heavy atom. The molecule has 5 nitrogen and oxygen atoms in total. The van der Waals surface area contributed by atoms with E-state index in [1.165, 1.54) is 0 Å². The average molecular weight is 355 g/mol. The maximum atomic E-state index is 12.9. The normalized spacial score (nSPS) is 26.3. The molecule has 1 atom stereocenters. The summed E-state index contributed by atoms with van der Waals surface area (Å²) in [7, 11) is 1.99. The van der Waals surface area contributed by atoms with Gasteiger partial charge in [-0.2, -0.15) is 0 Å². The van der Waals surface area contributed by atoms with Gasteiger partial charge >= 0.3 is 0 Å². The molecule has 2 amide bonds. The first kappa shape index (κ1) is 17.5. The summed E-state index contributed by atoms with van der Waals surface area (Å²) in [5, 5.41) is 0. The molecule has 5 heteroatoms. The lowest BCUT2D eigenvalue weighted by Crippen LogP contribution is -2.52. The van der Waals surface area contributed by atoms with E-state index in [2.05, 4.69) is 17.0 Å². The van der Waals surface area contributed by atoms with Crippen LogP contribution < -0.4 is 0 Å². The number of hydrogen-bond acceptors (Lipinski definition) is 3. The van der Waals surface area contributed by atoms with Crippen LogP contribution in [-0.4, -0.2) is 71.8 Å². The SMILES string of the molecule is CN1C(=O)[C@@H](c2ccccc2)CC12CCN(CCN1CCCC1=O)CC2. The molecule has 3 heterocycles. The third kappa shape index (κ3) is 3.13. The number of piperidine rings is 1. The Bertz CT molecular complexity index is 667.